The van der Waals surface area contributed by atoms with Gasteiger partial charge in [0.2, 0.25) is 0 Å². The maximum absolute atomic E-state index is 9.93. The van der Waals surface area contributed by atoms with E-state index in [1.807, 2.05) is 12.1 Å². The molecule has 1 aromatic carbocycles. The molecule has 2 N–H and O–H groups in total. The van der Waals surface area contributed by atoms with E-state index in [2.05, 4.69) is 34.6 Å². The number of rotatable bonds is 4. The molecule has 0 aromatic heterocycles. The minimum absolute atomic E-state index is 0.0281. The van der Waals surface area contributed by atoms with Crippen LogP contribution in [0.5, 0.6) is 11.5 Å². The minimum Gasteiger partial charge on any atom is -0.504 e. The highest BCUT2D eigenvalue weighted by molar-refractivity contribution is 5.50. The van der Waals surface area contributed by atoms with E-state index in [4.69, 9.17) is 4.74 Å². The van der Waals surface area contributed by atoms with Crippen LogP contribution in [0.25, 0.3) is 0 Å². The van der Waals surface area contributed by atoms with Crippen molar-refractivity contribution in [1.82, 2.24) is 0 Å². The molecule has 3 nitrogen and oxygen atoms in total. The summed E-state index contributed by atoms with van der Waals surface area (Å²) >= 11 is 0. The Labute approximate surface area is 116 Å². The highest BCUT2D eigenvalue weighted by Gasteiger charge is 2.28. The van der Waals surface area contributed by atoms with E-state index in [-0.39, 0.29) is 23.2 Å². The summed E-state index contributed by atoms with van der Waals surface area (Å²) in [7, 11) is 1.52. The molecule has 0 aliphatic heterocycles. The van der Waals surface area contributed by atoms with E-state index in [9.17, 15) is 10.2 Å². The Morgan fingerprint density at radius 2 is 1.68 bits per heavy atom. The summed E-state index contributed by atoms with van der Waals surface area (Å²) in [5, 5.41) is 19.3. The monoisotopic (exact) mass is 266 g/mol. The van der Waals surface area contributed by atoms with E-state index in [0.717, 1.165) is 12.0 Å². The quantitative estimate of drug-likeness (QED) is 0.875. The molecule has 0 radical (unpaired) electrons. The zero-order chi connectivity index (χ0) is 14.8. The molecule has 19 heavy (non-hydrogen) atoms. The molecule has 0 aliphatic carbocycles. The Morgan fingerprint density at radius 3 is 2.11 bits per heavy atom. The Balaban J connectivity index is 3.26. The Bertz CT molecular complexity index is 417. The lowest BCUT2D eigenvalue weighted by molar-refractivity contribution is 0.268. The van der Waals surface area contributed by atoms with Crippen molar-refractivity contribution < 1.29 is 14.9 Å². The molecule has 0 fully saturated rings. The summed E-state index contributed by atoms with van der Waals surface area (Å²) < 4.78 is 5.19. The lowest BCUT2D eigenvalue weighted by Crippen LogP contribution is -2.25. The standard InChI is InChI=1S/C16H26O3/c1-15(2,3)10-16(4,5)12-7-11(9-17)14(18)13(8-12)19-6/h7-8,17-18H,9-10H2,1-6H3. The second-order valence-corrected chi connectivity index (χ2v) is 6.97. The van der Waals surface area contributed by atoms with Gasteiger partial charge in [-0.25, -0.2) is 0 Å². The normalized spacial score (nSPS) is 12.6. The van der Waals surface area contributed by atoms with E-state index in [1.165, 1.54) is 7.11 Å². The fourth-order valence-corrected chi connectivity index (χ4v) is 2.76. The van der Waals surface area contributed by atoms with Gasteiger partial charge in [0.15, 0.2) is 11.5 Å². The summed E-state index contributed by atoms with van der Waals surface area (Å²) in [6.07, 6.45) is 0.999. The van der Waals surface area contributed by atoms with Gasteiger partial charge in [-0.05, 0) is 34.9 Å². The van der Waals surface area contributed by atoms with Crippen LogP contribution in [0.2, 0.25) is 0 Å². The van der Waals surface area contributed by atoms with Crippen molar-refractivity contribution in [3.8, 4) is 11.5 Å². The molecule has 0 saturated carbocycles. The summed E-state index contributed by atoms with van der Waals surface area (Å²) in [4.78, 5) is 0. The molecule has 0 bridgehead atoms. The zero-order valence-corrected chi connectivity index (χ0v) is 12.9. The van der Waals surface area contributed by atoms with Gasteiger partial charge in [0.05, 0.1) is 13.7 Å². The number of benzene rings is 1. The third-order valence-electron chi connectivity index (χ3n) is 3.30. The Hall–Kier alpha value is -1.22. The van der Waals surface area contributed by atoms with Crippen molar-refractivity contribution in [2.24, 2.45) is 5.41 Å². The van der Waals surface area contributed by atoms with Gasteiger partial charge in [-0.2, -0.15) is 0 Å². The average molecular weight is 266 g/mol. The van der Waals surface area contributed by atoms with Crippen molar-refractivity contribution in [1.29, 1.82) is 0 Å². The van der Waals surface area contributed by atoms with E-state index < -0.39 is 0 Å². The molecule has 0 aliphatic rings. The van der Waals surface area contributed by atoms with Crippen molar-refractivity contribution in [3.63, 3.8) is 0 Å². The number of aliphatic hydroxyl groups is 1. The van der Waals surface area contributed by atoms with Crippen molar-refractivity contribution in [2.75, 3.05) is 7.11 Å². The third-order valence-corrected chi connectivity index (χ3v) is 3.30. The van der Waals surface area contributed by atoms with E-state index in [1.54, 1.807) is 0 Å². The van der Waals surface area contributed by atoms with Crippen molar-refractivity contribution in [3.05, 3.63) is 23.3 Å². The average Bonchev–Trinajstić information content (AvgIpc) is 2.25. The van der Waals surface area contributed by atoms with Crippen LogP contribution in [-0.2, 0) is 12.0 Å². The van der Waals surface area contributed by atoms with Crippen LogP contribution in [0.3, 0.4) is 0 Å². The molecule has 0 unspecified atom stereocenters. The fraction of sp³-hybridized carbons (Fsp3) is 0.625. The molecule has 1 aromatic rings. The van der Waals surface area contributed by atoms with E-state index in [0.29, 0.717) is 11.3 Å². The van der Waals surface area contributed by atoms with Gasteiger partial charge in [-0.3, -0.25) is 0 Å². The van der Waals surface area contributed by atoms with Gasteiger partial charge < -0.3 is 14.9 Å². The molecule has 3 heteroatoms. The summed E-state index contributed by atoms with van der Waals surface area (Å²) in [5.74, 6) is 0.448. The molecule has 0 amide bonds. The van der Waals surface area contributed by atoms with Crippen molar-refractivity contribution >= 4 is 0 Å². The van der Waals surface area contributed by atoms with Gasteiger partial charge in [0.1, 0.15) is 0 Å². The first-order chi connectivity index (χ1) is 8.60. The number of methoxy groups -OCH3 is 1. The number of hydrogen-bond donors (Lipinski definition) is 2. The van der Waals surface area contributed by atoms with Crippen LogP contribution in [0.15, 0.2) is 12.1 Å². The zero-order valence-electron chi connectivity index (χ0n) is 12.9. The van der Waals surface area contributed by atoms with Gasteiger partial charge >= 0.3 is 0 Å². The van der Waals surface area contributed by atoms with E-state index >= 15 is 0 Å². The van der Waals surface area contributed by atoms with Gasteiger partial charge in [0, 0.05) is 5.56 Å². The first kappa shape index (κ1) is 15.8. The molecule has 0 heterocycles. The van der Waals surface area contributed by atoms with Crippen LogP contribution in [0.4, 0.5) is 0 Å². The molecule has 0 spiro atoms. The second-order valence-electron chi connectivity index (χ2n) is 6.97. The lowest BCUT2D eigenvalue weighted by Gasteiger charge is -2.33. The lowest BCUT2D eigenvalue weighted by atomic mass is 9.72. The van der Waals surface area contributed by atoms with Crippen LogP contribution in [0, 0.1) is 5.41 Å². The predicted octanol–water partition coefficient (Wildman–Crippen LogP) is 3.61. The highest BCUT2D eigenvalue weighted by atomic mass is 16.5. The second kappa shape index (κ2) is 5.41. The van der Waals surface area contributed by atoms with Crippen LogP contribution in [-0.4, -0.2) is 17.3 Å². The van der Waals surface area contributed by atoms with Gasteiger partial charge in [0.25, 0.3) is 0 Å². The number of hydrogen-bond acceptors (Lipinski definition) is 3. The maximum atomic E-state index is 9.93. The number of ether oxygens (including phenoxy) is 1. The van der Waals surface area contributed by atoms with Gasteiger partial charge in [-0.1, -0.05) is 34.6 Å². The van der Waals surface area contributed by atoms with Gasteiger partial charge in [-0.15, -0.1) is 0 Å². The largest absolute Gasteiger partial charge is 0.504 e. The fourth-order valence-electron chi connectivity index (χ4n) is 2.76. The first-order valence-corrected chi connectivity index (χ1v) is 6.62. The van der Waals surface area contributed by atoms with Crippen LogP contribution >= 0.6 is 0 Å². The molecule has 108 valence electrons. The topological polar surface area (TPSA) is 49.7 Å². The smallest absolute Gasteiger partial charge is 0.163 e. The summed E-state index contributed by atoms with van der Waals surface area (Å²) in [6, 6.07) is 3.73. The van der Waals surface area contributed by atoms with Crippen LogP contribution in [0.1, 0.15) is 52.2 Å². The van der Waals surface area contributed by atoms with Crippen LogP contribution < -0.4 is 4.74 Å². The Morgan fingerprint density at radius 1 is 1.11 bits per heavy atom. The number of phenols is 1. The summed E-state index contributed by atoms with van der Waals surface area (Å²) in [5.41, 5.74) is 1.73. The first-order valence-electron chi connectivity index (χ1n) is 6.62. The number of aliphatic hydroxyl groups excluding tert-OH is 1. The molecular weight excluding hydrogens is 240 g/mol. The highest BCUT2D eigenvalue weighted by Crippen LogP contribution is 2.41. The molecular formula is C16H26O3. The predicted molar refractivity (Wildman–Crippen MR) is 77.7 cm³/mol. The maximum Gasteiger partial charge on any atom is 0.163 e. The Kier molecular flexibility index (Phi) is 4.51. The minimum atomic E-state index is -0.193. The molecule has 0 atom stereocenters. The number of aromatic hydroxyl groups is 1. The van der Waals surface area contributed by atoms with Crippen molar-refractivity contribution in [2.45, 2.75) is 53.1 Å². The molecule has 0 saturated heterocycles. The third kappa shape index (κ3) is 3.87. The SMILES string of the molecule is COc1cc(C(C)(C)CC(C)(C)C)cc(CO)c1O. The molecule has 1 rings (SSSR count). The summed E-state index contributed by atoms with van der Waals surface area (Å²) in [6.45, 7) is 10.8.